The molecule has 5 atom stereocenters. The molecule has 5 heteroatoms. The largest absolute Gasteiger partial charge is 0.390 e. The Hall–Kier alpha value is -0.230. The van der Waals surface area contributed by atoms with Crippen molar-refractivity contribution in [1.82, 2.24) is 0 Å². The van der Waals surface area contributed by atoms with Crippen LogP contribution in [-0.4, -0.2) is 51.0 Å². The van der Waals surface area contributed by atoms with Crippen molar-refractivity contribution in [2.75, 3.05) is 0 Å². The van der Waals surface area contributed by atoms with Crippen LogP contribution in [0.5, 0.6) is 0 Å². The summed E-state index contributed by atoms with van der Waals surface area (Å²) in [5.74, 6) is 0. The van der Waals surface area contributed by atoms with E-state index < -0.39 is 30.6 Å². The molecule has 0 unspecified atom stereocenters. The van der Waals surface area contributed by atoms with E-state index in [9.17, 15) is 4.39 Å². The van der Waals surface area contributed by atoms with Gasteiger partial charge in [-0.05, 0) is 0 Å². The predicted octanol–water partition coefficient (Wildman–Crippen LogP) is -1.83. The maximum absolute atomic E-state index is 12.6. The molecule has 0 aromatic carbocycles. The summed E-state index contributed by atoms with van der Waals surface area (Å²) in [6, 6.07) is 0. The molecule has 1 rings (SSSR count). The van der Waals surface area contributed by atoms with Gasteiger partial charge in [0, 0.05) is 6.42 Å². The summed E-state index contributed by atoms with van der Waals surface area (Å²) in [5, 5.41) is 35.5. The third-order valence-corrected chi connectivity index (χ3v) is 1.93. The molecule has 0 bridgehead atoms. The molecule has 66 valence electrons. The molecule has 0 saturated heterocycles. The second kappa shape index (κ2) is 3.02. The van der Waals surface area contributed by atoms with Crippen LogP contribution in [0.15, 0.2) is 0 Å². The van der Waals surface area contributed by atoms with E-state index in [-0.39, 0.29) is 6.42 Å². The fourth-order valence-corrected chi connectivity index (χ4v) is 1.15. The second-order valence-electron chi connectivity index (χ2n) is 2.79. The first-order valence-corrected chi connectivity index (χ1v) is 3.40. The summed E-state index contributed by atoms with van der Waals surface area (Å²) in [4.78, 5) is 0. The van der Waals surface area contributed by atoms with Crippen molar-refractivity contribution < 1.29 is 24.8 Å². The monoisotopic (exact) mass is 166 g/mol. The van der Waals surface area contributed by atoms with Gasteiger partial charge in [-0.25, -0.2) is 4.39 Å². The van der Waals surface area contributed by atoms with Crippen LogP contribution in [0.1, 0.15) is 6.42 Å². The van der Waals surface area contributed by atoms with Gasteiger partial charge in [-0.3, -0.25) is 0 Å². The predicted molar refractivity (Wildman–Crippen MR) is 33.5 cm³/mol. The van der Waals surface area contributed by atoms with E-state index >= 15 is 0 Å². The molecule has 0 spiro atoms. The molecule has 1 aliphatic carbocycles. The number of rotatable bonds is 0. The standard InChI is InChI=1S/C6H11FO4/c7-2-1-3(8)5(10)6(11)4(2)9/h2-6,8-11H,1H2/t2-,3-,4-,5-,6-/m1/s1. The van der Waals surface area contributed by atoms with Crippen LogP contribution in [0.4, 0.5) is 4.39 Å². The first-order chi connectivity index (χ1) is 5.04. The zero-order valence-electron chi connectivity index (χ0n) is 5.76. The Kier molecular flexibility index (Phi) is 2.43. The molecule has 1 aliphatic rings. The Morgan fingerprint density at radius 3 is 2.00 bits per heavy atom. The van der Waals surface area contributed by atoms with Crippen molar-refractivity contribution in [3.63, 3.8) is 0 Å². The lowest BCUT2D eigenvalue weighted by molar-refractivity contribution is -0.160. The van der Waals surface area contributed by atoms with E-state index in [2.05, 4.69) is 0 Å². The highest BCUT2D eigenvalue weighted by atomic mass is 19.1. The van der Waals surface area contributed by atoms with Gasteiger partial charge in [-0.2, -0.15) is 0 Å². The molecule has 0 aliphatic heterocycles. The highest BCUT2D eigenvalue weighted by molar-refractivity contribution is 4.92. The lowest BCUT2D eigenvalue weighted by atomic mass is 9.88. The first-order valence-electron chi connectivity index (χ1n) is 3.40. The van der Waals surface area contributed by atoms with Crippen LogP contribution in [0.3, 0.4) is 0 Å². The number of alkyl halides is 1. The third kappa shape index (κ3) is 1.51. The van der Waals surface area contributed by atoms with E-state index in [1.54, 1.807) is 0 Å². The van der Waals surface area contributed by atoms with Crippen molar-refractivity contribution in [3.8, 4) is 0 Å². The molecule has 0 aromatic rings. The zero-order chi connectivity index (χ0) is 8.59. The fourth-order valence-electron chi connectivity index (χ4n) is 1.15. The van der Waals surface area contributed by atoms with E-state index in [1.165, 1.54) is 0 Å². The minimum absolute atomic E-state index is 0.334. The van der Waals surface area contributed by atoms with Gasteiger partial charge in [-0.1, -0.05) is 0 Å². The number of halogens is 1. The molecule has 4 N–H and O–H groups in total. The third-order valence-electron chi connectivity index (χ3n) is 1.93. The van der Waals surface area contributed by atoms with E-state index in [1.807, 2.05) is 0 Å². The SMILES string of the molecule is O[C@H]1[C@H](O)[C@H](O)C[C@@H](F)[C@H]1O. The van der Waals surface area contributed by atoms with E-state index in [0.29, 0.717) is 0 Å². The van der Waals surface area contributed by atoms with Crippen molar-refractivity contribution in [2.45, 2.75) is 37.0 Å². The van der Waals surface area contributed by atoms with Crippen molar-refractivity contribution in [3.05, 3.63) is 0 Å². The zero-order valence-corrected chi connectivity index (χ0v) is 5.76. The Labute approximate surface area is 62.9 Å². The Morgan fingerprint density at radius 2 is 1.45 bits per heavy atom. The van der Waals surface area contributed by atoms with Crippen molar-refractivity contribution >= 4 is 0 Å². The number of aliphatic hydroxyl groups is 4. The van der Waals surface area contributed by atoms with Crippen LogP contribution < -0.4 is 0 Å². The molecule has 0 radical (unpaired) electrons. The summed E-state index contributed by atoms with van der Waals surface area (Å²) < 4.78 is 12.6. The minimum atomic E-state index is -1.66. The van der Waals surface area contributed by atoms with Gasteiger partial charge >= 0.3 is 0 Å². The topological polar surface area (TPSA) is 80.9 Å². The molecule has 11 heavy (non-hydrogen) atoms. The van der Waals surface area contributed by atoms with Gasteiger partial charge in [-0.15, -0.1) is 0 Å². The van der Waals surface area contributed by atoms with Crippen molar-refractivity contribution in [2.24, 2.45) is 0 Å². The van der Waals surface area contributed by atoms with Gasteiger partial charge in [0.1, 0.15) is 24.5 Å². The Morgan fingerprint density at radius 1 is 0.909 bits per heavy atom. The average Bonchev–Trinajstić information content (AvgIpc) is 1.97. The lowest BCUT2D eigenvalue weighted by Gasteiger charge is -2.34. The average molecular weight is 166 g/mol. The number of hydrogen-bond donors (Lipinski definition) is 4. The van der Waals surface area contributed by atoms with E-state index in [0.717, 1.165) is 0 Å². The van der Waals surface area contributed by atoms with Gasteiger partial charge in [0.25, 0.3) is 0 Å². The first kappa shape index (κ1) is 8.86. The maximum Gasteiger partial charge on any atom is 0.131 e. The molecule has 1 fully saturated rings. The second-order valence-corrected chi connectivity index (χ2v) is 2.79. The quantitative estimate of drug-likeness (QED) is 0.341. The highest BCUT2D eigenvalue weighted by Crippen LogP contribution is 2.22. The van der Waals surface area contributed by atoms with Crippen LogP contribution in [-0.2, 0) is 0 Å². The van der Waals surface area contributed by atoms with Crippen LogP contribution in [0.25, 0.3) is 0 Å². The van der Waals surface area contributed by atoms with Gasteiger partial charge < -0.3 is 20.4 Å². The summed E-state index contributed by atoms with van der Waals surface area (Å²) in [7, 11) is 0. The van der Waals surface area contributed by atoms with Crippen LogP contribution in [0, 0.1) is 0 Å². The molecule has 0 amide bonds. The van der Waals surface area contributed by atoms with Crippen LogP contribution in [0.2, 0.25) is 0 Å². The Balaban J connectivity index is 2.63. The highest BCUT2D eigenvalue weighted by Gasteiger charge is 2.41. The summed E-state index contributed by atoms with van der Waals surface area (Å²) in [6.45, 7) is 0. The van der Waals surface area contributed by atoms with Crippen LogP contribution >= 0.6 is 0 Å². The van der Waals surface area contributed by atoms with Crippen molar-refractivity contribution in [1.29, 1.82) is 0 Å². The molecule has 0 aromatic heterocycles. The minimum Gasteiger partial charge on any atom is -0.390 e. The number of hydrogen-bond acceptors (Lipinski definition) is 4. The fraction of sp³-hybridized carbons (Fsp3) is 1.00. The van der Waals surface area contributed by atoms with Gasteiger partial charge in [0.05, 0.1) is 6.10 Å². The molecule has 0 heterocycles. The summed E-state index contributed by atoms with van der Waals surface area (Å²) in [5.41, 5.74) is 0. The molecule has 4 nitrogen and oxygen atoms in total. The number of aliphatic hydroxyl groups excluding tert-OH is 4. The smallest absolute Gasteiger partial charge is 0.131 e. The Bertz CT molecular complexity index is 129. The van der Waals surface area contributed by atoms with Gasteiger partial charge in [0.15, 0.2) is 0 Å². The lowest BCUT2D eigenvalue weighted by Crippen LogP contribution is -2.54. The van der Waals surface area contributed by atoms with Gasteiger partial charge in [0.2, 0.25) is 0 Å². The molecule has 1 saturated carbocycles. The maximum atomic E-state index is 12.6. The summed E-state index contributed by atoms with van der Waals surface area (Å²) >= 11 is 0. The summed E-state index contributed by atoms with van der Waals surface area (Å²) in [6.07, 6.45) is -7.91. The normalized spacial score (nSPS) is 52.6. The van der Waals surface area contributed by atoms with E-state index in [4.69, 9.17) is 20.4 Å². The molecular weight excluding hydrogens is 155 g/mol. The molecular formula is C6H11FO4.